The van der Waals surface area contributed by atoms with Gasteiger partial charge in [0.15, 0.2) is 11.0 Å². The molecule has 1 aromatic heterocycles. The smallest absolute Gasteiger partial charge is 0.237 e. The first-order chi connectivity index (χ1) is 14.1. The third kappa shape index (κ3) is 4.95. The summed E-state index contributed by atoms with van der Waals surface area (Å²) < 4.78 is 7.05. The molecule has 0 saturated heterocycles. The number of anilines is 1. The Bertz CT molecular complexity index is 996. The fraction of sp³-hybridized carbons (Fsp3) is 0.238. The lowest BCUT2D eigenvalue weighted by molar-refractivity contribution is -0.116. The first-order valence-corrected chi connectivity index (χ1v) is 10.0. The van der Waals surface area contributed by atoms with Crippen molar-refractivity contribution < 1.29 is 9.53 Å². The molecular weight excluding hydrogens is 386 g/mol. The van der Waals surface area contributed by atoms with Gasteiger partial charge in [-0.2, -0.15) is 5.26 Å². The third-order valence-corrected chi connectivity index (χ3v) is 5.33. The predicted molar refractivity (Wildman–Crippen MR) is 113 cm³/mol. The highest BCUT2D eigenvalue weighted by molar-refractivity contribution is 7.99. The number of hydrogen-bond donors (Lipinski definition) is 0. The number of benzene rings is 2. The van der Waals surface area contributed by atoms with Crippen molar-refractivity contribution in [1.82, 2.24) is 14.8 Å². The van der Waals surface area contributed by atoms with Crippen LogP contribution in [0, 0.1) is 11.3 Å². The molecule has 8 heteroatoms. The lowest BCUT2D eigenvalue weighted by Gasteiger charge is -2.21. The van der Waals surface area contributed by atoms with Crippen LogP contribution in [0.15, 0.2) is 59.8 Å². The largest absolute Gasteiger partial charge is 0.497 e. The molecule has 29 heavy (non-hydrogen) atoms. The minimum Gasteiger partial charge on any atom is -0.497 e. The van der Waals surface area contributed by atoms with Gasteiger partial charge in [0.25, 0.3) is 0 Å². The van der Waals surface area contributed by atoms with Crippen LogP contribution >= 0.6 is 11.8 Å². The number of nitriles is 1. The zero-order chi connectivity index (χ0) is 20.6. The molecule has 2 aromatic carbocycles. The highest BCUT2D eigenvalue weighted by atomic mass is 32.2. The first kappa shape index (κ1) is 20.4. The molecule has 0 saturated carbocycles. The van der Waals surface area contributed by atoms with Crippen molar-refractivity contribution in [2.45, 2.75) is 11.6 Å². The number of aromatic nitrogens is 3. The van der Waals surface area contributed by atoms with Crippen molar-refractivity contribution in [3.05, 3.63) is 54.6 Å². The molecule has 0 aliphatic rings. The molecule has 0 fully saturated rings. The lowest BCUT2D eigenvalue weighted by atomic mass is 10.2. The van der Waals surface area contributed by atoms with Crippen molar-refractivity contribution in [3.63, 3.8) is 0 Å². The van der Waals surface area contributed by atoms with Gasteiger partial charge in [0.1, 0.15) is 5.75 Å². The molecule has 0 spiro atoms. The number of nitrogens with zero attached hydrogens (tertiary/aromatic N) is 5. The molecule has 0 atom stereocenters. The van der Waals surface area contributed by atoms with Crippen LogP contribution in [0.2, 0.25) is 0 Å². The normalized spacial score (nSPS) is 10.4. The van der Waals surface area contributed by atoms with E-state index in [1.165, 1.54) is 11.8 Å². The van der Waals surface area contributed by atoms with Crippen LogP contribution in [0.1, 0.15) is 6.42 Å². The second-order valence-electron chi connectivity index (χ2n) is 6.17. The number of hydrogen-bond acceptors (Lipinski definition) is 6. The lowest BCUT2D eigenvalue weighted by Crippen LogP contribution is -2.33. The van der Waals surface area contributed by atoms with Gasteiger partial charge in [0.05, 0.1) is 25.4 Å². The molecule has 0 unspecified atom stereocenters. The summed E-state index contributed by atoms with van der Waals surface area (Å²) in [6, 6.07) is 19.0. The zero-order valence-electron chi connectivity index (χ0n) is 16.3. The molecular formula is C21H21N5O2S. The van der Waals surface area contributed by atoms with Gasteiger partial charge < -0.3 is 14.2 Å². The maximum Gasteiger partial charge on any atom is 0.237 e. The number of methoxy groups -OCH3 is 1. The van der Waals surface area contributed by atoms with Crippen LogP contribution < -0.4 is 9.64 Å². The van der Waals surface area contributed by atoms with Gasteiger partial charge >= 0.3 is 0 Å². The summed E-state index contributed by atoms with van der Waals surface area (Å²) in [7, 11) is 3.50. The second kappa shape index (κ2) is 9.75. The van der Waals surface area contributed by atoms with E-state index >= 15 is 0 Å². The average Bonchev–Trinajstić information content (AvgIpc) is 3.13. The Morgan fingerprint density at radius 3 is 2.55 bits per heavy atom. The fourth-order valence-electron chi connectivity index (χ4n) is 2.80. The monoisotopic (exact) mass is 407 g/mol. The van der Waals surface area contributed by atoms with E-state index in [-0.39, 0.29) is 18.1 Å². The number of ether oxygens (including phenoxy) is 1. The van der Waals surface area contributed by atoms with E-state index in [1.54, 1.807) is 12.0 Å². The molecule has 148 valence electrons. The summed E-state index contributed by atoms with van der Waals surface area (Å²) in [5, 5.41) is 18.0. The van der Waals surface area contributed by atoms with Gasteiger partial charge in [-0.25, -0.2) is 0 Å². The SMILES string of the molecule is COc1ccc(-c2nnc(SCC(=O)N(CCC#N)c3ccccc3)n2C)cc1. The standard InChI is InChI=1S/C21H21N5O2S/c1-25-20(16-9-11-18(28-2)12-10-16)23-24-21(25)29-15-19(27)26(14-6-13-22)17-7-4-3-5-8-17/h3-5,7-12H,6,14-15H2,1-2H3. The number of carbonyl (C=O) groups is 1. The van der Waals surface area contributed by atoms with Crippen LogP contribution in [0.4, 0.5) is 5.69 Å². The van der Waals surface area contributed by atoms with E-state index in [9.17, 15) is 4.79 Å². The van der Waals surface area contributed by atoms with E-state index in [2.05, 4.69) is 16.3 Å². The van der Waals surface area contributed by atoms with E-state index in [0.29, 0.717) is 17.5 Å². The van der Waals surface area contributed by atoms with E-state index < -0.39 is 0 Å². The van der Waals surface area contributed by atoms with Gasteiger partial charge in [0.2, 0.25) is 5.91 Å². The van der Waals surface area contributed by atoms with Crippen LogP contribution in [-0.2, 0) is 11.8 Å². The zero-order valence-corrected chi connectivity index (χ0v) is 17.1. The topological polar surface area (TPSA) is 84.0 Å². The maximum atomic E-state index is 12.8. The Morgan fingerprint density at radius 1 is 1.17 bits per heavy atom. The fourth-order valence-corrected chi connectivity index (χ4v) is 3.59. The molecule has 7 nitrogen and oxygen atoms in total. The summed E-state index contributed by atoms with van der Waals surface area (Å²) in [6.45, 7) is 0.357. The van der Waals surface area contributed by atoms with Crippen LogP contribution in [-0.4, -0.2) is 40.1 Å². The Labute approximate surface area is 173 Å². The summed E-state index contributed by atoms with van der Waals surface area (Å²) in [5.74, 6) is 1.61. The Hall–Kier alpha value is -3.31. The summed E-state index contributed by atoms with van der Waals surface area (Å²) in [6.07, 6.45) is 0.275. The predicted octanol–water partition coefficient (Wildman–Crippen LogP) is 3.53. The number of carbonyl (C=O) groups excluding carboxylic acids is 1. The number of amides is 1. The van der Waals surface area contributed by atoms with Gasteiger partial charge in [-0.05, 0) is 36.4 Å². The van der Waals surface area contributed by atoms with E-state index in [0.717, 1.165) is 17.0 Å². The molecule has 0 radical (unpaired) electrons. The van der Waals surface area contributed by atoms with Crippen molar-refractivity contribution in [1.29, 1.82) is 5.26 Å². The Morgan fingerprint density at radius 2 is 1.90 bits per heavy atom. The average molecular weight is 407 g/mol. The molecule has 0 bridgehead atoms. The van der Waals surface area contributed by atoms with Gasteiger partial charge in [-0.15, -0.1) is 10.2 Å². The minimum atomic E-state index is -0.0783. The van der Waals surface area contributed by atoms with Gasteiger partial charge in [0, 0.05) is 24.8 Å². The molecule has 3 rings (SSSR count). The van der Waals surface area contributed by atoms with Crippen LogP contribution in [0.5, 0.6) is 5.75 Å². The highest BCUT2D eigenvalue weighted by Crippen LogP contribution is 2.25. The first-order valence-electron chi connectivity index (χ1n) is 9.03. The quantitative estimate of drug-likeness (QED) is 0.531. The van der Waals surface area contributed by atoms with Crippen molar-refractivity contribution in [2.24, 2.45) is 7.05 Å². The molecule has 1 amide bonds. The van der Waals surface area contributed by atoms with E-state index in [1.807, 2.05) is 66.2 Å². The van der Waals surface area contributed by atoms with Crippen molar-refractivity contribution in [2.75, 3.05) is 24.3 Å². The van der Waals surface area contributed by atoms with Crippen LogP contribution in [0.25, 0.3) is 11.4 Å². The molecule has 3 aromatic rings. The van der Waals surface area contributed by atoms with Gasteiger partial charge in [-0.1, -0.05) is 30.0 Å². The third-order valence-electron chi connectivity index (χ3n) is 4.32. The number of thioether (sulfide) groups is 1. The summed E-state index contributed by atoms with van der Waals surface area (Å²) >= 11 is 1.33. The van der Waals surface area contributed by atoms with Gasteiger partial charge in [-0.3, -0.25) is 4.79 Å². The second-order valence-corrected chi connectivity index (χ2v) is 7.11. The Kier molecular flexibility index (Phi) is 6.87. The molecule has 1 heterocycles. The number of rotatable bonds is 8. The molecule has 0 N–H and O–H groups in total. The van der Waals surface area contributed by atoms with Crippen molar-refractivity contribution >= 4 is 23.4 Å². The molecule has 0 aliphatic carbocycles. The number of para-hydroxylation sites is 1. The summed E-state index contributed by atoms with van der Waals surface area (Å²) in [5.41, 5.74) is 1.70. The van der Waals surface area contributed by atoms with Crippen molar-refractivity contribution in [3.8, 4) is 23.2 Å². The maximum absolute atomic E-state index is 12.8. The highest BCUT2D eigenvalue weighted by Gasteiger charge is 2.18. The van der Waals surface area contributed by atoms with Crippen LogP contribution in [0.3, 0.4) is 0 Å². The Balaban J connectivity index is 1.70. The van der Waals surface area contributed by atoms with E-state index in [4.69, 9.17) is 10.00 Å². The minimum absolute atomic E-state index is 0.0783. The molecule has 0 aliphatic heterocycles. The summed E-state index contributed by atoms with van der Waals surface area (Å²) in [4.78, 5) is 14.4.